The molecule has 1 N–H and O–H groups in total. The number of thiophene rings is 1. The van der Waals surface area contributed by atoms with Crippen molar-refractivity contribution in [2.45, 2.75) is 19.3 Å². The standard InChI is InChI=1S/C23H23N3O3S/c1-15-13-18(29-2)3-4-19(15)25-22(27)20-5-6-21(30-20)23(28)26-12-9-17(14-26)16-7-10-24-11-8-16/h3-8,10-11,13,17H,9,12,14H2,1-2H3,(H,25,27). The third kappa shape index (κ3) is 4.21. The Morgan fingerprint density at radius 1 is 1.13 bits per heavy atom. The normalized spacial score (nSPS) is 15.8. The largest absolute Gasteiger partial charge is 0.497 e. The second-order valence-corrected chi connectivity index (χ2v) is 8.40. The molecular weight excluding hydrogens is 398 g/mol. The van der Waals surface area contributed by atoms with Crippen molar-refractivity contribution in [3.63, 3.8) is 0 Å². The highest BCUT2D eigenvalue weighted by Gasteiger charge is 2.29. The average Bonchev–Trinajstić information content (AvgIpc) is 3.45. The minimum atomic E-state index is -0.219. The van der Waals surface area contributed by atoms with Crippen LogP contribution in [0.25, 0.3) is 0 Å². The smallest absolute Gasteiger partial charge is 0.265 e. The molecule has 1 atom stereocenters. The molecule has 1 aliphatic heterocycles. The molecule has 154 valence electrons. The van der Waals surface area contributed by atoms with E-state index >= 15 is 0 Å². The number of ether oxygens (including phenoxy) is 1. The zero-order valence-electron chi connectivity index (χ0n) is 16.9. The SMILES string of the molecule is COc1ccc(NC(=O)c2ccc(C(=O)N3CCC(c4ccncc4)C3)s2)c(C)c1. The minimum Gasteiger partial charge on any atom is -0.497 e. The van der Waals surface area contributed by atoms with E-state index in [2.05, 4.69) is 10.3 Å². The van der Waals surface area contributed by atoms with Crippen molar-refractivity contribution in [1.82, 2.24) is 9.88 Å². The van der Waals surface area contributed by atoms with E-state index in [4.69, 9.17) is 4.74 Å². The highest BCUT2D eigenvalue weighted by Crippen LogP contribution is 2.29. The summed E-state index contributed by atoms with van der Waals surface area (Å²) in [5.41, 5.74) is 2.85. The van der Waals surface area contributed by atoms with Crippen LogP contribution >= 0.6 is 11.3 Å². The van der Waals surface area contributed by atoms with Gasteiger partial charge < -0.3 is 15.0 Å². The lowest BCUT2D eigenvalue weighted by Gasteiger charge is -2.15. The number of aryl methyl sites for hydroxylation is 1. The number of aromatic nitrogens is 1. The Morgan fingerprint density at radius 2 is 1.90 bits per heavy atom. The topological polar surface area (TPSA) is 71.5 Å². The van der Waals surface area contributed by atoms with Gasteiger partial charge in [0.1, 0.15) is 5.75 Å². The lowest BCUT2D eigenvalue weighted by atomic mass is 10.00. The number of amides is 2. The quantitative estimate of drug-likeness (QED) is 0.665. The summed E-state index contributed by atoms with van der Waals surface area (Å²) in [6.07, 6.45) is 4.51. The Balaban J connectivity index is 1.41. The van der Waals surface area contributed by atoms with Crippen LogP contribution < -0.4 is 10.1 Å². The van der Waals surface area contributed by atoms with Crippen LogP contribution in [0.1, 0.15) is 42.8 Å². The zero-order chi connectivity index (χ0) is 21.1. The maximum absolute atomic E-state index is 12.9. The van der Waals surface area contributed by atoms with Crippen molar-refractivity contribution in [1.29, 1.82) is 0 Å². The predicted molar refractivity (Wildman–Crippen MR) is 118 cm³/mol. The Labute approximate surface area is 179 Å². The van der Waals surface area contributed by atoms with Gasteiger partial charge in [0.25, 0.3) is 11.8 Å². The number of benzene rings is 1. The summed E-state index contributed by atoms with van der Waals surface area (Å²) in [6, 6.07) is 12.9. The van der Waals surface area contributed by atoms with E-state index in [9.17, 15) is 9.59 Å². The van der Waals surface area contributed by atoms with E-state index in [-0.39, 0.29) is 11.8 Å². The van der Waals surface area contributed by atoms with Gasteiger partial charge in [0, 0.05) is 37.1 Å². The summed E-state index contributed by atoms with van der Waals surface area (Å²) in [6.45, 7) is 3.32. The van der Waals surface area contributed by atoms with Crippen LogP contribution in [0.2, 0.25) is 0 Å². The molecule has 0 aliphatic carbocycles. The monoisotopic (exact) mass is 421 g/mol. The van der Waals surface area contributed by atoms with Crippen LogP contribution in [0, 0.1) is 6.92 Å². The molecule has 0 spiro atoms. The number of nitrogens with one attached hydrogen (secondary N) is 1. The Kier molecular flexibility index (Phi) is 5.81. The average molecular weight is 422 g/mol. The summed E-state index contributed by atoms with van der Waals surface area (Å²) >= 11 is 1.23. The molecular formula is C23H23N3O3S. The first-order valence-electron chi connectivity index (χ1n) is 9.80. The van der Waals surface area contributed by atoms with Crippen molar-refractivity contribution >= 4 is 28.8 Å². The van der Waals surface area contributed by atoms with Gasteiger partial charge in [-0.15, -0.1) is 11.3 Å². The molecule has 1 unspecified atom stereocenters. The van der Waals surface area contributed by atoms with Crippen molar-refractivity contribution < 1.29 is 14.3 Å². The number of nitrogens with zero attached hydrogens (tertiary/aromatic N) is 2. The molecule has 30 heavy (non-hydrogen) atoms. The van der Waals surface area contributed by atoms with Gasteiger partial charge in [0.05, 0.1) is 16.9 Å². The van der Waals surface area contributed by atoms with E-state index in [0.717, 1.165) is 30.0 Å². The van der Waals surface area contributed by atoms with Crippen LogP contribution in [0.4, 0.5) is 5.69 Å². The van der Waals surface area contributed by atoms with E-state index in [1.165, 1.54) is 16.9 Å². The Bertz CT molecular complexity index is 1060. The number of likely N-dealkylation sites (tertiary alicyclic amines) is 1. The van der Waals surface area contributed by atoms with Gasteiger partial charge in [-0.25, -0.2) is 0 Å². The summed E-state index contributed by atoms with van der Waals surface area (Å²) in [7, 11) is 1.61. The second kappa shape index (κ2) is 8.67. The summed E-state index contributed by atoms with van der Waals surface area (Å²) < 4.78 is 5.20. The Hall–Kier alpha value is -3.19. The van der Waals surface area contributed by atoms with Crippen LogP contribution in [0.5, 0.6) is 5.75 Å². The van der Waals surface area contributed by atoms with Crippen molar-refractivity contribution in [3.05, 3.63) is 75.7 Å². The highest BCUT2D eigenvalue weighted by atomic mass is 32.1. The van der Waals surface area contributed by atoms with E-state index in [1.807, 2.05) is 36.1 Å². The third-order valence-corrected chi connectivity index (χ3v) is 6.45. The number of pyridine rings is 1. The number of methoxy groups -OCH3 is 1. The molecule has 0 saturated carbocycles. The van der Waals surface area contributed by atoms with E-state index in [0.29, 0.717) is 22.2 Å². The summed E-state index contributed by atoms with van der Waals surface area (Å²) in [4.78, 5) is 32.6. The van der Waals surface area contributed by atoms with Gasteiger partial charge in [-0.1, -0.05) is 0 Å². The van der Waals surface area contributed by atoms with Gasteiger partial charge in [-0.2, -0.15) is 0 Å². The lowest BCUT2D eigenvalue weighted by Crippen LogP contribution is -2.27. The molecule has 3 aromatic rings. The maximum Gasteiger partial charge on any atom is 0.265 e. The third-order valence-electron chi connectivity index (χ3n) is 5.38. The van der Waals surface area contributed by atoms with E-state index in [1.54, 1.807) is 37.7 Å². The fourth-order valence-electron chi connectivity index (χ4n) is 3.67. The molecule has 1 aromatic carbocycles. The summed E-state index contributed by atoms with van der Waals surface area (Å²) in [5.74, 6) is 0.836. The van der Waals surface area contributed by atoms with E-state index < -0.39 is 0 Å². The van der Waals surface area contributed by atoms with Gasteiger partial charge in [0.2, 0.25) is 0 Å². The Morgan fingerprint density at radius 3 is 2.63 bits per heavy atom. The van der Waals surface area contributed by atoms with Crippen molar-refractivity contribution in [2.24, 2.45) is 0 Å². The molecule has 2 amide bonds. The van der Waals surface area contributed by atoms with Crippen LogP contribution in [0.15, 0.2) is 54.9 Å². The minimum absolute atomic E-state index is 0.0174. The number of anilines is 1. The molecule has 1 saturated heterocycles. The maximum atomic E-state index is 12.9. The molecule has 7 heteroatoms. The number of carbonyl (C=O) groups is 2. The van der Waals surface area contributed by atoms with Crippen molar-refractivity contribution in [3.8, 4) is 5.75 Å². The number of rotatable bonds is 5. The first kappa shape index (κ1) is 20.1. The molecule has 1 aliphatic rings. The number of hydrogen-bond donors (Lipinski definition) is 1. The molecule has 1 fully saturated rings. The first-order valence-corrected chi connectivity index (χ1v) is 10.6. The van der Waals surface area contributed by atoms with Gasteiger partial charge >= 0.3 is 0 Å². The fourth-order valence-corrected chi connectivity index (χ4v) is 4.54. The van der Waals surface area contributed by atoms with Crippen LogP contribution in [0.3, 0.4) is 0 Å². The van der Waals surface area contributed by atoms with Gasteiger partial charge in [-0.3, -0.25) is 14.6 Å². The van der Waals surface area contributed by atoms with Crippen LogP contribution in [-0.2, 0) is 0 Å². The molecule has 3 heterocycles. The lowest BCUT2D eigenvalue weighted by molar-refractivity contribution is 0.0795. The fraction of sp³-hybridized carbons (Fsp3) is 0.261. The summed E-state index contributed by atoms with van der Waals surface area (Å²) in [5, 5.41) is 2.91. The molecule has 4 rings (SSSR count). The van der Waals surface area contributed by atoms with Gasteiger partial charge in [0.15, 0.2) is 0 Å². The van der Waals surface area contributed by atoms with Crippen molar-refractivity contribution in [2.75, 3.05) is 25.5 Å². The molecule has 0 radical (unpaired) electrons. The number of carbonyl (C=O) groups excluding carboxylic acids is 2. The van der Waals surface area contributed by atoms with Crippen LogP contribution in [-0.4, -0.2) is 41.9 Å². The number of hydrogen-bond acceptors (Lipinski definition) is 5. The molecule has 0 bridgehead atoms. The van der Waals surface area contributed by atoms with Gasteiger partial charge in [-0.05, 0) is 66.9 Å². The molecule has 6 nitrogen and oxygen atoms in total. The first-order chi connectivity index (χ1) is 14.5. The second-order valence-electron chi connectivity index (χ2n) is 7.32. The zero-order valence-corrected chi connectivity index (χ0v) is 17.7. The predicted octanol–water partition coefficient (Wildman–Crippen LogP) is 4.34. The molecule has 2 aromatic heterocycles. The highest BCUT2D eigenvalue weighted by molar-refractivity contribution is 7.16.